The largest absolute Gasteiger partial charge is 0.337 e. The molecule has 5 rings (SSSR count). The SMILES string of the molecule is COC1N=C(C2=CC[C@H]3[C@@H]4CCC5=CC(=O)C=C[C@]5(C)[C@H]4CC[C@]23C)CO1. The molecule has 1 unspecified atom stereocenters. The summed E-state index contributed by atoms with van der Waals surface area (Å²) in [5, 5.41) is 0. The van der Waals surface area contributed by atoms with E-state index >= 15 is 0 Å². The summed E-state index contributed by atoms with van der Waals surface area (Å²) >= 11 is 0. The number of nitrogens with zero attached hydrogens (tertiary/aromatic N) is 1. The van der Waals surface area contributed by atoms with Crippen LogP contribution in [0.4, 0.5) is 0 Å². The maximum atomic E-state index is 11.9. The van der Waals surface area contributed by atoms with Gasteiger partial charge in [-0.1, -0.05) is 31.6 Å². The predicted octanol–water partition coefficient (Wildman–Crippen LogP) is 4.23. The van der Waals surface area contributed by atoms with Crippen molar-refractivity contribution in [2.45, 2.75) is 52.4 Å². The summed E-state index contributed by atoms with van der Waals surface area (Å²) in [6.45, 7) is 5.38. The van der Waals surface area contributed by atoms with Crippen molar-refractivity contribution in [3.05, 3.63) is 35.5 Å². The minimum atomic E-state index is -0.439. The molecule has 4 nitrogen and oxygen atoms in total. The molecular formula is C23H29NO3. The number of hydrogen-bond donors (Lipinski definition) is 0. The normalized spacial score (nSPS) is 45.6. The monoisotopic (exact) mass is 367 g/mol. The van der Waals surface area contributed by atoms with E-state index in [1.165, 1.54) is 30.4 Å². The van der Waals surface area contributed by atoms with Crippen LogP contribution in [0.3, 0.4) is 0 Å². The average Bonchev–Trinajstić information content (AvgIpc) is 3.25. The Balaban J connectivity index is 1.44. The van der Waals surface area contributed by atoms with E-state index in [0.29, 0.717) is 24.4 Å². The van der Waals surface area contributed by atoms with Crippen molar-refractivity contribution in [1.29, 1.82) is 0 Å². The van der Waals surface area contributed by atoms with E-state index in [9.17, 15) is 4.79 Å². The number of methoxy groups -OCH3 is 1. The van der Waals surface area contributed by atoms with Gasteiger partial charge in [-0.05, 0) is 73.0 Å². The smallest absolute Gasteiger partial charge is 0.258 e. The zero-order chi connectivity index (χ0) is 18.8. The number of rotatable bonds is 2. The molecule has 5 aliphatic rings. The Bertz CT molecular complexity index is 806. The number of carbonyl (C=O) groups is 1. The quantitative estimate of drug-likeness (QED) is 0.734. The molecule has 0 bridgehead atoms. The van der Waals surface area contributed by atoms with Gasteiger partial charge < -0.3 is 9.47 Å². The lowest BCUT2D eigenvalue weighted by Gasteiger charge is -2.56. The molecule has 4 aliphatic carbocycles. The minimum absolute atomic E-state index is 0.0655. The lowest BCUT2D eigenvalue weighted by Crippen LogP contribution is -2.49. The molecule has 0 aromatic rings. The summed E-state index contributed by atoms with van der Waals surface area (Å²) in [6, 6.07) is 0. The van der Waals surface area contributed by atoms with E-state index < -0.39 is 6.41 Å². The van der Waals surface area contributed by atoms with Crippen LogP contribution in [0.25, 0.3) is 0 Å². The highest BCUT2D eigenvalue weighted by molar-refractivity contribution is 6.03. The number of ether oxygens (including phenoxy) is 2. The lowest BCUT2D eigenvalue weighted by molar-refractivity contribution is -0.111. The van der Waals surface area contributed by atoms with Crippen molar-refractivity contribution in [3.8, 4) is 0 Å². The summed E-state index contributed by atoms with van der Waals surface area (Å²) in [5.41, 5.74) is 4.12. The topological polar surface area (TPSA) is 47.9 Å². The molecule has 27 heavy (non-hydrogen) atoms. The number of aliphatic imine (C=N–C) groups is 1. The van der Waals surface area contributed by atoms with E-state index in [-0.39, 0.29) is 16.6 Å². The van der Waals surface area contributed by atoms with Gasteiger partial charge >= 0.3 is 0 Å². The lowest BCUT2D eigenvalue weighted by atomic mass is 9.47. The van der Waals surface area contributed by atoms with Gasteiger partial charge in [-0.25, -0.2) is 4.99 Å². The van der Waals surface area contributed by atoms with Crippen LogP contribution in [-0.2, 0) is 14.3 Å². The summed E-state index contributed by atoms with van der Waals surface area (Å²) in [7, 11) is 1.64. The molecule has 0 saturated heterocycles. The second kappa shape index (κ2) is 5.99. The van der Waals surface area contributed by atoms with E-state index in [0.717, 1.165) is 18.6 Å². The van der Waals surface area contributed by atoms with Gasteiger partial charge in [0.1, 0.15) is 0 Å². The van der Waals surface area contributed by atoms with Crippen LogP contribution in [0, 0.1) is 28.6 Å². The fourth-order valence-electron chi connectivity index (χ4n) is 6.83. The van der Waals surface area contributed by atoms with Crippen molar-refractivity contribution in [2.75, 3.05) is 13.7 Å². The summed E-state index contributed by atoms with van der Waals surface area (Å²) < 4.78 is 10.9. The highest BCUT2D eigenvalue weighted by Gasteiger charge is 2.57. The van der Waals surface area contributed by atoms with Gasteiger partial charge in [0.2, 0.25) is 0 Å². The van der Waals surface area contributed by atoms with E-state index in [1.54, 1.807) is 13.2 Å². The van der Waals surface area contributed by atoms with Gasteiger partial charge in [-0.2, -0.15) is 0 Å². The maximum Gasteiger partial charge on any atom is 0.258 e. The van der Waals surface area contributed by atoms with Crippen LogP contribution in [-0.4, -0.2) is 31.6 Å². The Kier molecular flexibility index (Phi) is 3.90. The van der Waals surface area contributed by atoms with Crippen molar-refractivity contribution in [1.82, 2.24) is 0 Å². The van der Waals surface area contributed by atoms with Crippen molar-refractivity contribution in [3.63, 3.8) is 0 Å². The van der Waals surface area contributed by atoms with E-state index in [4.69, 9.17) is 9.47 Å². The first-order valence-electron chi connectivity index (χ1n) is 10.3. The molecule has 1 heterocycles. The number of fused-ring (bicyclic) bond motifs is 5. The Hall–Kier alpha value is -1.52. The molecule has 0 N–H and O–H groups in total. The summed E-state index contributed by atoms with van der Waals surface area (Å²) in [6.07, 6.45) is 13.7. The fourth-order valence-corrected chi connectivity index (χ4v) is 6.83. The molecule has 0 aromatic carbocycles. The van der Waals surface area contributed by atoms with Crippen molar-refractivity contribution < 1.29 is 14.3 Å². The first-order valence-corrected chi connectivity index (χ1v) is 10.3. The van der Waals surface area contributed by atoms with Gasteiger partial charge in [0.15, 0.2) is 5.78 Å². The zero-order valence-electron chi connectivity index (χ0n) is 16.5. The fraction of sp³-hybridized carbons (Fsp3) is 0.652. The molecule has 2 saturated carbocycles. The first kappa shape index (κ1) is 17.6. The number of hydrogen-bond acceptors (Lipinski definition) is 4. The molecule has 144 valence electrons. The van der Waals surface area contributed by atoms with Crippen LogP contribution in [0.1, 0.15) is 46.0 Å². The van der Waals surface area contributed by atoms with Crippen LogP contribution in [0.2, 0.25) is 0 Å². The molecular weight excluding hydrogens is 338 g/mol. The predicted molar refractivity (Wildman–Crippen MR) is 104 cm³/mol. The Labute approximate surface area is 161 Å². The highest BCUT2D eigenvalue weighted by Crippen LogP contribution is 2.64. The molecule has 0 aromatic heterocycles. The van der Waals surface area contributed by atoms with Crippen LogP contribution in [0.15, 0.2) is 40.4 Å². The van der Waals surface area contributed by atoms with Crippen LogP contribution >= 0.6 is 0 Å². The molecule has 2 fully saturated rings. The third kappa shape index (κ3) is 2.42. The summed E-state index contributed by atoms with van der Waals surface area (Å²) in [5.74, 6) is 2.18. The van der Waals surface area contributed by atoms with Gasteiger partial charge in [-0.3, -0.25) is 4.79 Å². The van der Waals surface area contributed by atoms with E-state index in [1.807, 2.05) is 6.08 Å². The zero-order valence-corrected chi connectivity index (χ0v) is 16.5. The molecule has 0 amide bonds. The van der Waals surface area contributed by atoms with Crippen LogP contribution in [0.5, 0.6) is 0 Å². The second-order valence-corrected chi connectivity index (χ2v) is 9.34. The summed E-state index contributed by atoms with van der Waals surface area (Å²) in [4.78, 5) is 16.6. The Morgan fingerprint density at radius 3 is 2.89 bits per heavy atom. The second-order valence-electron chi connectivity index (χ2n) is 9.34. The molecule has 4 heteroatoms. The molecule has 0 spiro atoms. The molecule has 1 aliphatic heterocycles. The van der Waals surface area contributed by atoms with Gasteiger partial charge in [0.25, 0.3) is 6.41 Å². The number of carbonyl (C=O) groups excluding carboxylic acids is 1. The number of allylic oxidation sites excluding steroid dienone is 5. The minimum Gasteiger partial charge on any atom is -0.337 e. The Morgan fingerprint density at radius 2 is 2.11 bits per heavy atom. The highest BCUT2D eigenvalue weighted by atomic mass is 16.7. The first-order chi connectivity index (χ1) is 13.0. The van der Waals surface area contributed by atoms with Crippen molar-refractivity contribution in [2.24, 2.45) is 33.6 Å². The third-order valence-electron chi connectivity index (χ3n) is 8.27. The number of ketones is 1. The van der Waals surface area contributed by atoms with Gasteiger partial charge in [0.05, 0.1) is 12.3 Å². The molecule has 0 radical (unpaired) electrons. The van der Waals surface area contributed by atoms with Gasteiger partial charge in [-0.15, -0.1) is 0 Å². The van der Waals surface area contributed by atoms with Crippen LogP contribution < -0.4 is 0 Å². The maximum absolute atomic E-state index is 11.9. The molecule has 6 atom stereocenters. The average molecular weight is 367 g/mol. The van der Waals surface area contributed by atoms with E-state index in [2.05, 4.69) is 31.0 Å². The van der Waals surface area contributed by atoms with Gasteiger partial charge in [0, 0.05) is 12.5 Å². The Morgan fingerprint density at radius 1 is 1.26 bits per heavy atom. The van der Waals surface area contributed by atoms with Crippen molar-refractivity contribution >= 4 is 11.5 Å². The standard InChI is InChI=1S/C23H29NO3/c1-22-10-8-15(25)12-14(22)4-5-16-17-6-7-19(20-13-27-21(24-20)26-3)23(17,2)11-9-18(16)22/h7-8,10,12,16-18,21H,4-6,9,11,13H2,1-3H3/t16-,17-,18-,21?,22-,23-/m0/s1. The third-order valence-corrected chi connectivity index (χ3v) is 8.27.